The lowest BCUT2D eigenvalue weighted by Gasteiger charge is -2.20. The fourth-order valence-corrected chi connectivity index (χ4v) is 3.96. The van der Waals surface area contributed by atoms with Crippen molar-refractivity contribution in [2.24, 2.45) is 0 Å². The zero-order valence-electron chi connectivity index (χ0n) is 17.1. The molecule has 0 aliphatic heterocycles. The van der Waals surface area contributed by atoms with Crippen molar-refractivity contribution < 1.29 is 18.0 Å². The molecule has 3 aromatic rings. The normalized spacial score (nSPS) is 11.4. The summed E-state index contributed by atoms with van der Waals surface area (Å²) in [5.74, 6) is -0.338. The number of fused-ring (bicyclic) bond motifs is 1. The third kappa shape index (κ3) is 5.22. The van der Waals surface area contributed by atoms with Gasteiger partial charge in [0.2, 0.25) is 15.9 Å². The van der Waals surface area contributed by atoms with E-state index in [0.717, 1.165) is 0 Å². The molecule has 0 spiro atoms. The van der Waals surface area contributed by atoms with Crippen LogP contribution in [-0.4, -0.2) is 48.1 Å². The van der Waals surface area contributed by atoms with Crippen molar-refractivity contribution in [1.29, 1.82) is 0 Å². The Hall–Kier alpha value is -3.37. The van der Waals surface area contributed by atoms with Crippen molar-refractivity contribution >= 4 is 32.6 Å². The van der Waals surface area contributed by atoms with Gasteiger partial charge in [-0.3, -0.25) is 14.4 Å². The lowest BCUT2D eigenvalue weighted by Crippen LogP contribution is -2.40. The molecule has 10 heteroatoms. The number of ketones is 1. The molecule has 2 aromatic carbocycles. The number of nitrogens with one attached hydrogen (secondary N) is 2. The van der Waals surface area contributed by atoms with Crippen LogP contribution in [0, 0.1) is 0 Å². The minimum absolute atomic E-state index is 0.0322. The second kappa shape index (κ2) is 9.19. The molecule has 162 valence electrons. The Kier molecular flexibility index (Phi) is 6.62. The zero-order chi connectivity index (χ0) is 22.6. The molecule has 2 N–H and O–H groups in total. The van der Waals surface area contributed by atoms with Crippen LogP contribution >= 0.6 is 0 Å². The Morgan fingerprint density at radius 3 is 2.42 bits per heavy atom. The van der Waals surface area contributed by atoms with E-state index in [0.29, 0.717) is 28.8 Å². The standard InChI is InChI=1S/C21H22N4O5S/c1-3-25(13-19-23-18-7-5-4-6-17(18)21(28)24-19)20(27)12-22-31(29,30)16-10-8-15(9-11-16)14(2)26/h4-11,22H,3,12-13H2,1-2H3,(H,23,24,28). The minimum atomic E-state index is -3.93. The molecule has 0 atom stereocenters. The number of H-pyrrole nitrogens is 1. The van der Waals surface area contributed by atoms with Crippen molar-refractivity contribution in [1.82, 2.24) is 19.6 Å². The number of rotatable bonds is 8. The number of carbonyl (C=O) groups is 2. The number of Topliss-reactive ketones (excluding diaryl/α,β-unsaturated/α-hetero) is 1. The number of sulfonamides is 1. The highest BCUT2D eigenvalue weighted by molar-refractivity contribution is 7.89. The van der Waals surface area contributed by atoms with Crippen molar-refractivity contribution in [2.45, 2.75) is 25.3 Å². The Morgan fingerprint density at radius 2 is 1.77 bits per heavy atom. The van der Waals surface area contributed by atoms with E-state index in [4.69, 9.17) is 0 Å². The van der Waals surface area contributed by atoms with Gasteiger partial charge in [-0.2, -0.15) is 0 Å². The maximum atomic E-state index is 12.6. The maximum Gasteiger partial charge on any atom is 0.258 e. The first-order chi connectivity index (χ1) is 14.7. The second-order valence-corrected chi connectivity index (χ2v) is 8.61. The monoisotopic (exact) mass is 442 g/mol. The molecule has 1 amide bonds. The number of hydrogen-bond donors (Lipinski definition) is 2. The van der Waals surface area contributed by atoms with Crippen LogP contribution in [0.4, 0.5) is 0 Å². The lowest BCUT2D eigenvalue weighted by molar-refractivity contribution is -0.130. The summed E-state index contributed by atoms with van der Waals surface area (Å²) in [7, 11) is -3.93. The molecule has 31 heavy (non-hydrogen) atoms. The highest BCUT2D eigenvalue weighted by atomic mass is 32.2. The van der Waals surface area contributed by atoms with E-state index >= 15 is 0 Å². The zero-order valence-corrected chi connectivity index (χ0v) is 17.9. The number of nitrogens with zero attached hydrogens (tertiary/aromatic N) is 2. The summed E-state index contributed by atoms with van der Waals surface area (Å²) in [6, 6.07) is 12.3. The van der Waals surface area contributed by atoms with E-state index in [2.05, 4.69) is 14.7 Å². The Morgan fingerprint density at radius 1 is 1.10 bits per heavy atom. The predicted octanol–water partition coefficient (Wildman–Crippen LogP) is 1.45. The third-order valence-corrected chi connectivity index (χ3v) is 6.14. The van der Waals surface area contributed by atoms with E-state index in [1.165, 1.54) is 36.1 Å². The van der Waals surface area contributed by atoms with Crippen LogP contribution in [0.1, 0.15) is 30.0 Å². The van der Waals surface area contributed by atoms with Gasteiger partial charge < -0.3 is 9.88 Å². The summed E-state index contributed by atoms with van der Waals surface area (Å²) in [5.41, 5.74) is 0.599. The largest absolute Gasteiger partial charge is 0.334 e. The average Bonchev–Trinajstić information content (AvgIpc) is 2.76. The van der Waals surface area contributed by atoms with Gasteiger partial charge in [0.15, 0.2) is 5.78 Å². The van der Waals surface area contributed by atoms with Crippen LogP contribution in [0.3, 0.4) is 0 Å². The van der Waals surface area contributed by atoms with E-state index in [9.17, 15) is 22.8 Å². The molecular weight excluding hydrogens is 420 g/mol. The number of benzene rings is 2. The predicted molar refractivity (Wildman–Crippen MR) is 115 cm³/mol. The Labute approximate surface area is 179 Å². The number of carbonyl (C=O) groups excluding carboxylic acids is 2. The first-order valence-corrected chi connectivity index (χ1v) is 11.1. The Bertz CT molecular complexity index is 1280. The number of aromatic amines is 1. The molecule has 9 nitrogen and oxygen atoms in total. The summed E-state index contributed by atoms with van der Waals surface area (Å²) < 4.78 is 27.2. The van der Waals surface area contributed by atoms with Gasteiger partial charge in [-0.25, -0.2) is 18.1 Å². The maximum absolute atomic E-state index is 12.6. The van der Waals surface area contributed by atoms with Crippen LogP contribution in [-0.2, 0) is 21.4 Å². The van der Waals surface area contributed by atoms with Crippen LogP contribution in [0.2, 0.25) is 0 Å². The first kappa shape index (κ1) is 22.3. The fourth-order valence-electron chi connectivity index (χ4n) is 2.99. The molecule has 0 aliphatic carbocycles. The van der Waals surface area contributed by atoms with Crippen LogP contribution in [0.5, 0.6) is 0 Å². The molecule has 3 rings (SSSR count). The van der Waals surface area contributed by atoms with Gasteiger partial charge in [0.25, 0.3) is 5.56 Å². The van der Waals surface area contributed by atoms with Crippen LogP contribution in [0.15, 0.2) is 58.2 Å². The molecule has 0 saturated carbocycles. The summed E-state index contributed by atoms with van der Waals surface area (Å²) in [4.78, 5) is 44.5. The van der Waals surface area contributed by atoms with Crippen molar-refractivity contribution in [3.63, 3.8) is 0 Å². The molecule has 0 aliphatic rings. The molecule has 0 saturated heterocycles. The summed E-state index contributed by atoms with van der Waals surface area (Å²) in [5, 5.41) is 0.448. The summed E-state index contributed by atoms with van der Waals surface area (Å²) in [6.45, 7) is 3.00. The molecule has 0 bridgehead atoms. The number of hydrogen-bond acceptors (Lipinski definition) is 6. The quantitative estimate of drug-likeness (QED) is 0.508. The van der Waals surface area contributed by atoms with Crippen molar-refractivity contribution in [2.75, 3.05) is 13.1 Å². The van der Waals surface area contributed by atoms with E-state index in [-0.39, 0.29) is 22.8 Å². The van der Waals surface area contributed by atoms with Gasteiger partial charge in [0, 0.05) is 12.1 Å². The molecule has 1 aromatic heterocycles. The Balaban J connectivity index is 1.69. The number of likely N-dealkylation sites (N-methyl/N-ethyl adjacent to an activating group) is 1. The minimum Gasteiger partial charge on any atom is -0.334 e. The summed E-state index contributed by atoms with van der Waals surface area (Å²) >= 11 is 0. The highest BCUT2D eigenvalue weighted by Crippen LogP contribution is 2.11. The summed E-state index contributed by atoms with van der Waals surface area (Å²) in [6.07, 6.45) is 0. The molecule has 0 fully saturated rings. The SMILES string of the molecule is CCN(Cc1nc2ccccc2c(=O)[nH]1)C(=O)CNS(=O)(=O)c1ccc(C(C)=O)cc1. The third-order valence-electron chi connectivity index (χ3n) is 4.72. The molecule has 0 unspecified atom stereocenters. The first-order valence-electron chi connectivity index (χ1n) is 9.57. The van der Waals surface area contributed by atoms with Gasteiger partial charge in [0.1, 0.15) is 5.82 Å². The van der Waals surface area contributed by atoms with Gasteiger partial charge in [-0.05, 0) is 38.1 Å². The van der Waals surface area contributed by atoms with Crippen molar-refractivity contribution in [3.8, 4) is 0 Å². The average molecular weight is 442 g/mol. The van der Waals surface area contributed by atoms with Crippen LogP contribution in [0.25, 0.3) is 10.9 Å². The molecular formula is C21H22N4O5S. The van der Waals surface area contributed by atoms with Crippen LogP contribution < -0.4 is 10.3 Å². The van der Waals surface area contributed by atoms with Gasteiger partial charge in [0.05, 0.1) is 28.9 Å². The van der Waals surface area contributed by atoms with E-state index < -0.39 is 22.5 Å². The van der Waals surface area contributed by atoms with Crippen molar-refractivity contribution in [3.05, 3.63) is 70.3 Å². The van der Waals surface area contributed by atoms with Gasteiger partial charge in [-0.1, -0.05) is 24.3 Å². The smallest absolute Gasteiger partial charge is 0.258 e. The fraction of sp³-hybridized carbons (Fsp3) is 0.238. The second-order valence-electron chi connectivity index (χ2n) is 6.84. The van der Waals surface area contributed by atoms with Gasteiger partial charge >= 0.3 is 0 Å². The van der Waals surface area contributed by atoms with E-state index in [1.807, 2.05) is 0 Å². The number of amides is 1. The number of aromatic nitrogens is 2. The molecule has 1 heterocycles. The highest BCUT2D eigenvalue weighted by Gasteiger charge is 2.19. The van der Waals surface area contributed by atoms with Gasteiger partial charge in [-0.15, -0.1) is 0 Å². The number of para-hydroxylation sites is 1. The van der Waals surface area contributed by atoms with E-state index in [1.54, 1.807) is 31.2 Å². The molecule has 0 radical (unpaired) electrons. The topological polar surface area (TPSA) is 129 Å². The lowest BCUT2D eigenvalue weighted by atomic mass is 10.2.